The van der Waals surface area contributed by atoms with Gasteiger partial charge in [-0.2, -0.15) is 0 Å². The van der Waals surface area contributed by atoms with Gasteiger partial charge in [0.15, 0.2) is 11.5 Å². The number of nitrogens with one attached hydrogen (secondary N) is 2. The fourth-order valence-electron chi connectivity index (χ4n) is 2.51. The van der Waals surface area contributed by atoms with Crippen LogP contribution in [0.2, 0.25) is 0 Å². The predicted octanol–water partition coefficient (Wildman–Crippen LogP) is 3.64. The van der Waals surface area contributed by atoms with Crippen molar-refractivity contribution in [1.29, 1.82) is 0 Å². The number of carbonyl (C=O) groups is 1. The lowest BCUT2D eigenvalue weighted by atomic mass is 10.2. The molecule has 7 nitrogen and oxygen atoms in total. The van der Waals surface area contributed by atoms with Crippen LogP contribution in [0.3, 0.4) is 0 Å². The number of amides is 1. The van der Waals surface area contributed by atoms with E-state index in [9.17, 15) is 4.79 Å². The summed E-state index contributed by atoms with van der Waals surface area (Å²) in [6, 6.07) is 14.4. The van der Waals surface area contributed by atoms with Gasteiger partial charge in [-0.3, -0.25) is 15.6 Å². The lowest BCUT2D eigenvalue weighted by Crippen LogP contribution is -2.29. The number of hydrazine groups is 1. The molecule has 2 N–H and O–H groups in total. The van der Waals surface area contributed by atoms with E-state index in [1.165, 1.54) is 7.11 Å². The second-order valence-corrected chi connectivity index (χ2v) is 5.90. The number of aryl methyl sites for hydroxylation is 2. The molecule has 0 radical (unpaired) electrons. The molecule has 7 heteroatoms. The Balaban J connectivity index is 1.67. The molecular formula is C20H21N3O4. The van der Waals surface area contributed by atoms with Gasteiger partial charge in [-0.25, -0.2) is 0 Å². The number of para-hydroxylation sites is 1. The Kier molecular flexibility index (Phi) is 5.61. The Morgan fingerprint density at radius 1 is 1.11 bits per heavy atom. The van der Waals surface area contributed by atoms with E-state index >= 15 is 0 Å². The van der Waals surface area contributed by atoms with E-state index in [1.54, 1.807) is 18.2 Å². The molecule has 0 fully saturated rings. The van der Waals surface area contributed by atoms with Crippen molar-refractivity contribution < 1.29 is 18.8 Å². The summed E-state index contributed by atoms with van der Waals surface area (Å²) < 4.78 is 16.3. The molecule has 0 unspecified atom stereocenters. The second-order valence-electron chi connectivity index (χ2n) is 5.90. The third-order valence-corrected chi connectivity index (χ3v) is 4.07. The maximum Gasteiger partial charge on any atom is 0.269 e. The van der Waals surface area contributed by atoms with Crippen LogP contribution in [-0.4, -0.2) is 18.2 Å². The highest BCUT2D eigenvalue weighted by molar-refractivity contribution is 5.95. The molecule has 0 aliphatic rings. The largest absolute Gasteiger partial charge is 0.493 e. The number of aromatic nitrogens is 1. The van der Waals surface area contributed by atoms with Crippen molar-refractivity contribution in [3.63, 3.8) is 0 Å². The van der Waals surface area contributed by atoms with Gasteiger partial charge in [0.2, 0.25) is 0 Å². The van der Waals surface area contributed by atoms with E-state index in [-0.39, 0.29) is 5.91 Å². The van der Waals surface area contributed by atoms with Crippen molar-refractivity contribution in [1.82, 2.24) is 10.6 Å². The Hall–Kier alpha value is -3.48. The fraction of sp³-hybridized carbons (Fsp3) is 0.200. The zero-order chi connectivity index (χ0) is 19.2. The van der Waals surface area contributed by atoms with Gasteiger partial charge in [0.25, 0.3) is 5.91 Å². The summed E-state index contributed by atoms with van der Waals surface area (Å²) >= 11 is 0. The molecule has 1 aromatic heterocycles. The summed E-state index contributed by atoms with van der Waals surface area (Å²) in [6.45, 7) is 4.00. The molecule has 1 heterocycles. The summed E-state index contributed by atoms with van der Waals surface area (Å²) in [5, 5.41) is 3.91. The van der Waals surface area contributed by atoms with Crippen molar-refractivity contribution in [3.8, 4) is 11.5 Å². The molecule has 2 aromatic carbocycles. The molecule has 0 saturated heterocycles. The Morgan fingerprint density at radius 3 is 2.56 bits per heavy atom. The number of hydrogen-bond donors (Lipinski definition) is 2. The number of hydrogen-bond acceptors (Lipinski definition) is 6. The number of nitrogens with zero attached hydrogens (tertiary/aromatic N) is 1. The molecule has 27 heavy (non-hydrogen) atoms. The van der Waals surface area contributed by atoms with E-state index in [0.717, 1.165) is 22.7 Å². The van der Waals surface area contributed by atoms with E-state index in [0.29, 0.717) is 23.7 Å². The number of anilines is 1. The van der Waals surface area contributed by atoms with Crippen molar-refractivity contribution in [2.24, 2.45) is 0 Å². The van der Waals surface area contributed by atoms with Gasteiger partial charge >= 0.3 is 0 Å². The fourth-order valence-corrected chi connectivity index (χ4v) is 2.51. The first kappa shape index (κ1) is 18.3. The van der Waals surface area contributed by atoms with Gasteiger partial charge in [0.05, 0.1) is 24.1 Å². The van der Waals surface area contributed by atoms with Gasteiger partial charge in [-0.05, 0) is 44.2 Å². The summed E-state index contributed by atoms with van der Waals surface area (Å²) in [7, 11) is 1.53. The van der Waals surface area contributed by atoms with Gasteiger partial charge in [0, 0.05) is 5.56 Å². The van der Waals surface area contributed by atoms with Crippen LogP contribution < -0.4 is 20.3 Å². The number of carbonyl (C=O) groups excluding carboxylic acids is 1. The zero-order valence-electron chi connectivity index (χ0n) is 15.4. The average molecular weight is 367 g/mol. The van der Waals surface area contributed by atoms with Gasteiger partial charge < -0.3 is 14.0 Å². The molecule has 3 rings (SSSR count). The maximum atomic E-state index is 12.3. The van der Waals surface area contributed by atoms with Crippen molar-refractivity contribution in [2.45, 2.75) is 20.5 Å². The standard InChI is InChI=1S/C20H21N3O4/c1-13-17(14(2)27-23-13)12-26-18-10-9-15(11-19(18)25-3)20(24)22-21-16-7-5-4-6-8-16/h4-11,21H,12H2,1-3H3,(H,22,24). The molecule has 0 atom stereocenters. The van der Waals surface area contributed by atoms with Crippen molar-refractivity contribution in [3.05, 3.63) is 71.1 Å². The van der Waals surface area contributed by atoms with Crippen molar-refractivity contribution >= 4 is 11.6 Å². The van der Waals surface area contributed by atoms with Crippen LogP contribution >= 0.6 is 0 Å². The molecule has 0 spiro atoms. The Labute approximate surface area is 157 Å². The Morgan fingerprint density at radius 2 is 1.89 bits per heavy atom. The minimum absolute atomic E-state index is 0.283. The summed E-state index contributed by atoms with van der Waals surface area (Å²) in [5.74, 6) is 1.43. The van der Waals surface area contributed by atoms with E-state index in [2.05, 4.69) is 16.0 Å². The number of ether oxygens (including phenoxy) is 2. The molecule has 0 bridgehead atoms. The average Bonchev–Trinajstić information content (AvgIpc) is 3.02. The van der Waals surface area contributed by atoms with Crippen molar-refractivity contribution in [2.75, 3.05) is 12.5 Å². The van der Waals surface area contributed by atoms with Crippen LogP contribution in [0.25, 0.3) is 0 Å². The lowest BCUT2D eigenvalue weighted by Gasteiger charge is -2.13. The van der Waals surface area contributed by atoms with Gasteiger partial charge in [0.1, 0.15) is 12.4 Å². The third kappa shape index (κ3) is 4.38. The quantitative estimate of drug-likeness (QED) is 0.620. The Bertz CT molecular complexity index is 903. The lowest BCUT2D eigenvalue weighted by molar-refractivity contribution is 0.0962. The molecule has 140 valence electrons. The highest BCUT2D eigenvalue weighted by Gasteiger charge is 2.14. The molecule has 0 saturated carbocycles. The summed E-state index contributed by atoms with van der Waals surface area (Å²) in [5.41, 5.74) is 8.43. The highest BCUT2D eigenvalue weighted by Crippen LogP contribution is 2.29. The highest BCUT2D eigenvalue weighted by atomic mass is 16.5. The zero-order valence-corrected chi connectivity index (χ0v) is 15.4. The van der Waals surface area contributed by atoms with Crippen LogP contribution in [0.4, 0.5) is 5.69 Å². The topological polar surface area (TPSA) is 85.6 Å². The second kappa shape index (κ2) is 8.27. The molecular weight excluding hydrogens is 346 g/mol. The summed E-state index contributed by atoms with van der Waals surface area (Å²) in [4.78, 5) is 12.3. The monoisotopic (exact) mass is 367 g/mol. The van der Waals surface area contributed by atoms with E-state index < -0.39 is 0 Å². The number of methoxy groups -OCH3 is 1. The van der Waals surface area contributed by atoms with Crippen LogP contribution in [0, 0.1) is 13.8 Å². The molecule has 3 aromatic rings. The first-order valence-electron chi connectivity index (χ1n) is 8.42. The predicted molar refractivity (Wildman–Crippen MR) is 101 cm³/mol. The smallest absolute Gasteiger partial charge is 0.269 e. The normalized spacial score (nSPS) is 10.3. The van der Waals surface area contributed by atoms with Crippen LogP contribution in [0.15, 0.2) is 53.1 Å². The van der Waals surface area contributed by atoms with Crippen LogP contribution in [0.1, 0.15) is 27.4 Å². The summed E-state index contributed by atoms with van der Waals surface area (Å²) in [6.07, 6.45) is 0. The van der Waals surface area contributed by atoms with E-state index in [1.807, 2.05) is 44.2 Å². The van der Waals surface area contributed by atoms with Gasteiger partial charge in [-0.15, -0.1) is 0 Å². The van der Waals surface area contributed by atoms with Crippen LogP contribution in [0.5, 0.6) is 11.5 Å². The number of rotatable bonds is 7. The first-order chi connectivity index (χ1) is 13.1. The first-order valence-corrected chi connectivity index (χ1v) is 8.42. The molecule has 1 amide bonds. The number of benzene rings is 2. The van der Waals surface area contributed by atoms with E-state index in [4.69, 9.17) is 14.0 Å². The molecule has 0 aliphatic carbocycles. The maximum absolute atomic E-state index is 12.3. The van der Waals surface area contributed by atoms with Crippen LogP contribution in [-0.2, 0) is 6.61 Å². The minimum Gasteiger partial charge on any atom is -0.493 e. The SMILES string of the molecule is COc1cc(C(=O)NNc2ccccc2)ccc1OCc1c(C)noc1C. The third-order valence-electron chi connectivity index (χ3n) is 4.07. The minimum atomic E-state index is -0.283. The molecule has 0 aliphatic heterocycles. The van der Waals surface area contributed by atoms with Gasteiger partial charge in [-0.1, -0.05) is 23.4 Å².